The van der Waals surface area contributed by atoms with E-state index in [9.17, 15) is 4.79 Å². The average Bonchev–Trinajstić information content (AvgIpc) is 2.77. The number of hydrogen-bond donors (Lipinski definition) is 2. The highest BCUT2D eigenvalue weighted by Crippen LogP contribution is 2.34. The first-order valence-electron chi connectivity index (χ1n) is 5.87. The highest BCUT2D eigenvalue weighted by molar-refractivity contribution is 7.80. The highest BCUT2D eigenvalue weighted by Gasteiger charge is 2.25. The summed E-state index contributed by atoms with van der Waals surface area (Å²) in [6.45, 7) is 0.718. The molecule has 1 unspecified atom stereocenters. The maximum Gasteiger partial charge on any atom is 0.261 e. The fourth-order valence-corrected chi connectivity index (χ4v) is 3.36. The molecule has 1 atom stereocenters. The molecule has 18 heavy (non-hydrogen) atoms. The fourth-order valence-electron chi connectivity index (χ4n) is 2.29. The van der Waals surface area contributed by atoms with Gasteiger partial charge in [0, 0.05) is 22.7 Å². The summed E-state index contributed by atoms with van der Waals surface area (Å²) in [4.78, 5) is 13.5. The Morgan fingerprint density at radius 1 is 1.44 bits per heavy atom. The van der Waals surface area contributed by atoms with E-state index in [1.165, 1.54) is 22.5 Å². The lowest BCUT2D eigenvalue weighted by Gasteiger charge is -2.30. The second-order valence-electron chi connectivity index (χ2n) is 4.48. The molecule has 1 aliphatic carbocycles. The minimum absolute atomic E-state index is 0.00433. The number of nitrogens with one attached hydrogen (secondary N) is 1. The zero-order valence-corrected chi connectivity index (χ0v) is 11.4. The number of amides is 1. The summed E-state index contributed by atoms with van der Waals surface area (Å²) in [6.07, 6.45) is 1.07. The summed E-state index contributed by atoms with van der Waals surface area (Å²) < 4.78 is 0. The summed E-state index contributed by atoms with van der Waals surface area (Å²) in [5.74, 6) is 0.477. The minimum Gasteiger partial charge on any atom is -0.351 e. The van der Waals surface area contributed by atoms with Gasteiger partial charge in [0.2, 0.25) is 0 Å². The maximum atomic E-state index is 11.9. The predicted molar refractivity (Wildman–Crippen MR) is 76.8 cm³/mol. The number of carbonyl (C=O) groups is 1. The van der Waals surface area contributed by atoms with Gasteiger partial charge in [-0.2, -0.15) is 0 Å². The molecular weight excluding hydrogens is 262 g/mol. The summed E-state index contributed by atoms with van der Waals surface area (Å²) in [6, 6.07) is 10.2. The van der Waals surface area contributed by atoms with Crippen LogP contribution >= 0.6 is 24.0 Å². The molecule has 4 heteroatoms. The minimum atomic E-state index is 0.00433. The Bertz CT molecular complexity index is 591. The van der Waals surface area contributed by atoms with Crippen molar-refractivity contribution < 1.29 is 4.79 Å². The van der Waals surface area contributed by atoms with Gasteiger partial charge in [0.1, 0.15) is 0 Å². The van der Waals surface area contributed by atoms with Crippen molar-refractivity contribution in [1.29, 1.82) is 0 Å². The molecule has 1 heterocycles. The standard InChI is InChI=1S/C14H13NOS2/c16-14(13-6-11(17)8-18-13)15-7-10-5-9-3-1-2-4-12(9)10/h1-4,6,8,10,17H,5,7H2,(H,15,16). The van der Waals surface area contributed by atoms with Crippen molar-refractivity contribution in [3.8, 4) is 0 Å². The molecule has 2 nitrogen and oxygen atoms in total. The van der Waals surface area contributed by atoms with Crippen molar-refractivity contribution in [2.45, 2.75) is 17.2 Å². The van der Waals surface area contributed by atoms with Gasteiger partial charge in [0.05, 0.1) is 4.88 Å². The molecule has 3 rings (SSSR count). The Morgan fingerprint density at radius 2 is 2.28 bits per heavy atom. The number of thiol groups is 1. The first kappa shape index (κ1) is 11.8. The molecule has 92 valence electrons. The Balaban J connectivity index is 1.59. The zero-order chi connectivity index (χ0) is 12.5. The molecule has 2 aromatic rings. The van der Waals surface area contributed by atoms with Crippen molar-refractivity contribution in [2.75, 3.05) is 6.54 Å². The Morgan fingerprint density at radius 3 is 3.00 bits per heavy atom. The SMILES string of the molecule is O=C(NCC1Cc2ccccc21)c1cc(S)cs1. The first-order valence-corrected chi connectivity index (χ1v) is 7.20. The van der Waals surface area contributed by atoms with Gasteiger partial charge in [-0.15, -0.1) is 24.0 Å². The van der Waals surface area contributed by atoms with E-state index in [2.05, 4.69) is 42.2 Å². The van der Waals surface area contributed by atoms with Crippen molar-refractivity contribution in [1.82, 2.24) is 5.32 Å². The van der Waals surface area contributed by atoms with Crippen molar-refractivity contribution in [2.24, 2.45) is 0 Å². The van der Waals surface area contributed by atoms with Crippen LogP contribution in [-0.2, 0) is 6.42 Å². The number of benzene rings is 1. The van der Waals surface area contributed by atoms with Crippen LogP contribution in [-0.4, -0.2) is 12.5 Å². The normalized spacial score (nSPS) is 16.8. The van der Waals surface area contributed by atoms with Crippen LogP contribution in [0.15, 0.2) is 40.6 Å². The Hall–Kier alpha value is -1.26. The van der Waals surface area contributed by atoms with Crippen LogP contribution in [0.3, 0.4) is 0 Å². The van der Waals surface area contributed by atoms with Crippen LogP contribution in [0, 0.1) is 0 Å². The third kappa shape index (κ3) is 2.18. The Kier molecular flexibility index (Phi) is 3.14. The van der Waals surface area contributed by atoms with Gasteiger partial charge in [-0.3, -0.25) is 4.79 Å². The van der Waals surface area contributed by atoms with E-state index in [1.807, 2.05) is 5.38 Å². The summed E-state index contributed by atoms with van der Waals surface area (Å²) in [7, 11) is 0. The number of carbonyl (C=O) groups excluding carboxylic acids is 1. The zero-order valence-electron chi connectivity index (χ0n) is 9.72. The van der Waals surface area contributed by atoms with Crippen LogP contribution in [0.1, 0.15) is 26.7 Å². The third-order valence-corrected chi connectivity index (χ3v) is 4.64. The van der Waals surface area contributed by atoms with Gasteiger partial charge in [-0.25, -0.2) is 0 Å². The molecule has 0 saturated carbocycles. The van der Waals surface area contributed by atoms with E-state index >= 15 is 0 Å². The van der Waals surface area contributed by atoms with Gasteiger partial charge < -0.3 is 5.32 Å². The quantitative estimate of drug-likeness (QED) is 0.828. The average molecular weight is 275 g/mol. The molecular formula is C14H13NOS2. The van der Waals surface area contributed by atoms with E-state index in [-0.39, 0.29) is 5.91 Å². The van der Waals surface area contributed by atoms with Crippen LogP contribution in [0.2, 0.25) is 0 Å². The lowest BCUT2D eigenvalue weighted by Crippen LogP contribution is -2.32. The first-order chi connectivity index (χ1) is 8.74. The second-order valence-corrected chi connectivity index (χ2v) is 5.91. The number of rotatable bonds is 3. The molecule has 0 spiro atoms. The molecule has 0 fully saturated rings. The molecule has 1 N–H and O–H groups in total. The van der Waals surface area contributed by atoms with E-state index in [0.29, 0.717) is 5.92 Å². The molecule has 0 aliphatic heterocycles. The second kappa shape index (κ2) is 4.78. The van der Waals surface area contributed by atoms with Crippen LogP contribution < -0.4 is 5.32 Å². The molecule has 0 radical (unpaired) electrons. The van der Waals surface area contributed by atoms with Gasteiger partial charge >= 0.3 is 0 Å². The van der Waals surface area contributed by atoms with Crippen molar-refractivity contribution >= 4 is 29.9 Å². The molecule has 1 aromatic heterocycles. The lowest BCUT2D eigenvalue weighted by molar-refractivity contribution is 0.0954. The lowest BCUT2D eigenvalue weighted by atomic mass is 9.77. The van der Waals surface area contributed by atoms with Crippen molar-refractivity contribution in [3.05, 3.63) is 51.7 Å². The van der Waals surface area contributed by atoms with E-state index in [4.69, 9.17) is 0 Å². The fraction of sp³-hybridized carbons (Fsp3) is 0.214. The van der Waals surface area contributed by atoms with E-state index in [0.717, 1.165) is 22.7 Å². The predicted octanol–water partition coefficient (Wildman–Crippen LogP) is 3.11. The number of hydrogen-bond acceptors (Lipinski definition) is 3. The number of thiophene rings is 1. The van der Waals surface area contributed by atoms with Crippen LogP contribution in [0.4, 0.5) is 0 Å². The molecule has 1 aromatic carbocycles. The monoisotopic (exact) mass is 275 g/mol. The topological polar surface area (TPSA) is 29.1 Å². The molecule has 0 saturated heterocycles. The summed E-state index contributed by atoms with van der Waals surface area (Å²) in [5, 5.41) is 4.86. The molecule has 1 aliphatic rings. The smallest absolute Gasteiger partial charge is 0.261 e. The van der Waals surface area contributed by atoms with Crippen molar-refractivity contribution in [3.63, 3.8) is 0 Å². The summed E-state index contributed by atoms with van der Waals surface area (Å²) >= 11 is 5.64. The maximum absolute atomic E-state index is 11.9. The number of fused-ring (bicyclic) bond motifs is 1. The van der Waals surface area contributed by atoms with Gasteiger partial charge in [-0.05, 0) is 23.6 Å². The molecule has 1 amide bonds. The van der Waals surface area contributed by atoms with Gasteiger partial charge in [0.15, 0.2) is 0 Å². The largest absolute Gasteiger partial charge is 0.351 e. The summed E-state index contributed by atoms with van der Waals surface area (Å²) in [5.41, 5.74) is 2.78. The molecule has 0 bridgehead atoms. The third-order valence-electron chi connectivity index (χ3n) is 3.28. The highest BCUT2D eigenvalue weighted by atomic mass is 32.1. The Labute approximate surface area is 115 Å². The van der Waals surface area contributed by atoms with Crippen LogP contribution in [0.5, 0.6) is 0 Å². The van der Waals surface area contributed by atoms with E-state index in [1.54, 1.807) is 6.07 Å². The van der Waals surface area contributed by atoms with E-state index < -0.39 is 0 Å². The van der Waals surface area contributed by atoms with Gasteiger partial charge in [0.25, 0.3) is 5.91 Å². The van der Waals surface area contributed by atoms with Crippen LogP contribution in [0.25, 0.3) is 0 Å². The van der Waals surface area contributed by atoms with Gasteiger partial charge in [-0.1, -0.05) is 24.3 Å².